The minimum absolute atomic E-state index is 0.301. The second-order valence-corrected chi connectivity index (χ2v) is 10.3. The van der Waals surface area contributed by atoms with Crippen LogP contribution >= 0.6 is 0 Å². The second-order valence-electron chi connectivity index (χ2n) is 10.3. The fraction of sp³-hybridized carbons (Fsp3) is 0.222. The average molecular weight is 626 g/mol. The van der Waals surface area contributed by atoms with Crippen molar-refractivity contribution in [3.8, 4) is 23.0 Å². The first kappa shape index (κ1) is 33.3. The van der Waals surface area contributed by atoms with E-state index in [1.54, 1.807) is 72.8 Å². The Bertz CT molecular complexity index is 1580. The molecule has 0 aliphatic carbocycles. The van der Waals surface area contributed by atoms with Gasteiger partial charge < -0.3 is 28.6 Å². The highest BCUT2D eigenvalue weighted by molar-refractivity contribution is 5.92. The van der Waals surface area contributed by atoms with Crippen molar-refractivity contribution in [2.75, 3.05) is 38.8 Å². The summed E-state index contributed by atoms with van der Waals surface area (Å²) in [5.74, 6) is 0.360. The van der Waals surface area contributed by atoms with Crippen LogP contribution < -0.4 is 28.4 Å². The number of hydrogen-bond donors (Lipinski definition) is 0. The molecule has 1 aromatic heterocycles. The summed E-state index contributed by atoms with van der Waals surface area (Å²) in [6.07, 6.45) is 6.50. The molecule has 0 aliphatic rings. The number of carbonyl (C=O) groups is 3. The van der Waals surface area contributed by atoms with Crippen molar-refractivity contribution in [3.05, 3.63) is 121 Å². The molecule has 0 spiro atoms. The summed E-state index contributed by atoms with van der Waals surface area (Å²) in [6.45, 7) is 5.26. The van der Waals surface area contributed by atoms with E-state index in [1.807, 2.05) is 48.1 Å². The zero-order valence-corrected chi connectivity index (χ0v) is 25.9. The van der Waals surface area contributed by atoms with Gasteiger partial charge in [0, 0.05) is 38.0 Å². The number of rotatable bonds is 16. The average Bonchev–Trinajstić information content (AvgIpc) is 3.07. The number of pyridine rings is 1. The van der Waals surface area contributed by atoms with E-state index >= 15 is 0 Å². The lowest BCUT2D eigenvalue weighted by Crippen LogP contribution is -2.35. The summed E-state index contributed by atoms with van der Waals surface area (Å²) >= 11 is 0. The third-order valence-corrected chi connectivity index (χ3v) is 6.65. The molecule has 0 radical (unpaired) electrons. The molecule has 3 aromatic carbocycles. The zero-order chi connectivity index (χ0) is 32.7. The molecule has 10 nitrogen and oxygen atoms in total. The molecule has 1 heterocycles. The molecule has 4 aromatic rings. The normalized spacial score (nSPS) is 10.4. The highest BCUT2D eigenvalue weighted by Gasteiger charge is 2.12. The van der Waals surface area contributed by atoms with Crippen LogP contribution in [0.15, 0.2) is 110 Å². The van der Waals surface area contributed by atoms with Gasteiger partial charge in [-0.2, -0.15) is 0 Å². The van der Waals surface area contributed by atoms with Crippen molar-refractivity contribution >= 4 is 23.6 Å². The maximum absolute atomic E-state index is 12.6. The lowest BCUT2D eigenvalue weighted by molar-refractivity contribution is -0.697. The monoisotopic (exact) mass is 625 g/mol. The van der Waals surface area contributed by atoms with Crippen LogP contribution in [-0.4, -0.2) is 51.8 Å². The maximum atomic E-state index is 12.6. The van der Waals surface area contributed by atoms with E-state index in [0.717, 1.165) is 11.8 Å². The number of benzene rings is 3. The highest BCUT2D eigenvalue weighted by Crippen LogP contribution is 2.21. The quantitative estimate of drug-likeness (QED) is 0.0529. The lowest BCUT2D eigenvalue weighted by atomic mass is 10.2. The van der Waals surface area contributed by atoms with Gasteiger partial charge in [-0.05, 0) is 85.6 Å². The fourth-order valence-corrected chi connectivity index (χ4v) is 4.07. The number of unbranched alkanes of at least 4 members (excludes halogenated alkanes) is 1. The molecule has 0 saturated carbocycles. The van der Waals surface area contributed by atoms with Crippen LogP contribution in [0.1, 0.15) is 33.6 Å². The van der Waals surface area contributed by atoms with Crippen LogP contribution in [0, 0.1) is 0 Å². The number of aromatic nitrogens is 1. The number of esters is 3. The summed E-state index contributed by atoms with van der Waals surface area (Å²) in [7, 11) is 4.00. The Morgan fingerprint density at radius 3 is 1.59 bits per heavy atom. The van der Waals surface area contributed by atoms with Gasteiger partial charge >= 0.3 is 17.9 Å². The Balaban J connectivity index is 1.17. The van der Waals surface area contributed by atoms with E-state index in [2.05, 4.69) is 6.58 Å². The van der Waals surface area contributed by atoms with Crippen molar-refractivity contribution in [1.82, 2.24) is 0 Å². The molecule has 0 fully saturated rings. The van der Waals surface area contributed by atoms with Crippen LogP contribution in [0.4, 0.5) is 5.69 Å². The van der Waals surface area contributed by atoms with E-state index < -0.39 is 17.9 Å². The minimum Gasteiger partial charge on any atom is -0.494 e. The van der Waals surface area contributed by atoms with E-state index in [0.29, 0.717) is 73.3 Å². The van der Waals surface area contributed by atoms with Crippen molar-refractivity contribution < 1.29 is 42.6 Å². The largest absolute Gasteiger partial charge is 0.494 e. The summed E-state index contributed by atoms with van der Waals surface area (Å²) in [5, 5.41) is 0. The van der Waals surface area contributed by atoms with Crippen LogP contribution in [0.2, 0.25) is 0 Å². The summed E-state index contributed by atoms with van der Waals surface area (Å²) in [6, 6.07) is 23.6. The topological polar surface area (TPSA) is 104 Å². The molecule has 0 N–H and O–H groups in total. The standard InChI is InChI=1S/C36H37N2O8/c1-4-34(39)44-25-6-5-24-42-30-11-7-27(8-12-30)35(40)45-32-15-17-33(18-16-32)46-36(41)28-9-13-31(14-10-28)43-26-23-38-21-19-29(20-22-38)37(2)3/h4,7-22H,1,5-6,23-26H2,2-3H3/q+1. The van der Waals surface area contributed by atoms with Gasteiger partial charge in [-0.15, -0.1) is 0 Å². The lowest BCUT2D eigenvalue weighted by Gasteiger charge is -2.10. The molecule has 10 heteroatoms. The maximum Gasteiger partial charge on any atom is 0.343 e. The predicted octanol–water partition coefficient (Wildman–Crippen LogP) is 5.45. The Hall–Kier alpha value is -5.64. The Morgan fingerprint density at radius 1 is 0.652 bits per heavy atom. The SMILES string of the molecule is C=CC(=O)OCCCCOc1ccc(C(=O)Oc2ccc(OC(=O)c3ccc(OCC[n+]4ccc(N(C)C)cc4)cc3)cc2)cc1. The first-order chi connectivity index (χ1) is 22.3. The number of hydrogen-bond acceptors (Lipinski definition) is 9. The van der Waals surface area contributed by atoms with Gasteiger partial charge in [0.1, 0.15) is 29.6 Å². The van der Waals surface area contributed by atoms with Gasteiger partial charge in [0.25, 0.3) is 0 Å². The third kappa shape index (κ3) is 10.5. The summed E-state index contributed by atoms with van der Waals surface area (Å²) in [5.41, 5.74) is 1.85. The van der Waals surface area contributed by atoms with Crippen LogP contribution in [0.3, 0.4) is 0 Å². The van der Waals surface area contributed by atoms with Gasteiger partial charge in [0.2, 0.25) is 0 Å². The van der Waals surface area contributed by atoms with E-state index in [1.165, 1.54) is 0 Å². The molecule has 0 unspecified atom stereocenters. The second kappa shape index (κ2) is 17.0. The first-order valence-electron chi connectivity index (χ1n) is 14.8. The highest BCUT2D eigenvalue weighted by atomic mass is 16.5. The van der Waals surface area contributed by atoms with Crippen LogP contribution in [-0.2, 0) is 16.1 Å². The molecule has 0 saturated heterocycles. The molecular formula is C36H37N2O8+. The Labute approximate surface area is 268 Å². The molecule has 0 amide bonds. The van der Waals surface area contributed by atoms with Crippen molar-refractivity contribution in [3.63, 3.8) is 0 Å². The van der Waals surface area contributed by atoms with Crippen molar-refractivity contribution in [2.45, 2.75) is 19.4 Å². The predicted molar refractivity (Wildman–Crippen MR) is 172 cm³/mol. The number of nitrogens with zero attached hydrogens (tertiary/aromatic N) is 2. The molecule has 0 atom stereocenters. The zero-order valence-electron chi connectivity index (χ0n) is 25.9. The first-order valence-corrected chi connectivity index (χ1v) is 14.8. The van der Waals surface area contributed by atoms with Crippen molar-refractivity contribution in [1.29, 1.82) is 0 Å². The molecule has 0 bridgehead atoms. The Morgan fingerprint density at radius 2 is 1.11 bits per heavy atom. The minimum atomic E-state index is -0.538. The molecular weight excluding hydrogens is 588 g/mol. The molecule has 238 valence electrons. The fourth-order valence-electron chi connectivity index (χ4n) is 4.07. The van der Waals surface area contributed by atoms with Gasteiger partial charge in [-0.1, -0.05) is 6.58 Å². The van der Waals surface area contributed by atoms with Crippen LogP contribution in [0.5, 0.6) is 23.0 Å². The molecule has 0 aliphatic heterocycles. The van der Waals surface area contributed by atoms with E-state index in [-0.39, 0.29) is 0 Å². The van der Waals surface area contributed by atoms with Gasteiger partial charge in [-0.25, -0.2) is 19.0 Å². The van der Waals surface area contributed by atoms with E-state index in [4.69, 9.17) is 23.7 Å². The van der Waals surface area contributed by atoms with Gasteiger partial charge in [-0.3, -0.25) is 0 Å². The van der Waals surface area contributed by atoms with Gasteiger partial charge in [0.15, 0.2) is 18.9 Å². The summed E-state index contributed by atoms with van der Waals surface area (Å²) in [4.78, 5) is 38.3. The number of carbonyl (C=O) groups excluding carboxylic acids is 3. The molecule has 4 rings (SSSR count). The number of anilines is 1. The van der Waals surface area contributed by atoms with E-state index in [9.17, 15) is 14.4 Å². The van der Waals surface area contributed by atoms with Gasteiger partial charge in [0.05, 0.1) is 24.3 Å². The third-order valence-electron chi connectivity index (χ3n) is 6.65. The number of ether oxygens (including phenoxy) is 5. The summed E-state index contributed by atoms with van der Waals surface area (Å²) < 4.78 is 29.3. The smallest absolute Gasteiger partial charge is 0.343 e. The Kier molecular flexibility index (Phi) is 12.3. The van der Waals surface area contributed by atoms with Crippen LogP contribution in [0.25, 0.3) is 0 Å². The van der Waals surface area contributed by atoms with Crippen molar-refractivity contribution in [2.24, 2.45) is 0 Å². The molecule has 46 heavy (non-hydrogen) atoms.